The minimum atomic E-state index is -1.04. The molecule has 2 rings (SSSR count). The molecule has 23 heavy (non-hydrogen) atoms. The van der Waals surface area contributed by atoms with E-state index in [0.29, 0.717) is 17.9 Å². The Morgan fingerprint density at radius 1 is 1.30 bits per heavy atom. The molecule has 0 atom stereocenters. The molecule has 0 aliphatic carbocycles. The number of hydrogen-bond donors (Lipinski definition) is 1. The third kappa shape index (κ3) is 4.90. The average Bonchev–Trinajstić information content (AvgIpc) is 2.57. The lowest BCUT2D eigenvalue weighted by atomic mass is 10.1. The maximum absolute atomic E-state index is 11.4. The Labute approximate surface area is 135 Å². The minimum absolute atomic E-state index is 0.101. The van der Waals surface area contributed by atoms with Gasteiger partial charge in [0.2, 0.25) is 0 Å². The molecule has 7 nitrogen and oxygen atoms in total. The van der Waals surface area contributed by atoms with E-state index in [4.69, 9.17) is 18.9 Å². The van der Waals surface area contributed by atoms with Crippen molar-refractivity contribution in [2.24, 2.45) is 0 Å². The van der Waals surface area contributed by atoms with Gasteiger partial charge in [0.1, 0.15) is 17.9 Å². The van der Waals surface area contributed by atoms with E-state index in [9.17, 15) is 9.90 Å². The van der Waals surface area contributed by atoms with Crippen LogP contribution in [0, 0.1) is 0 Å². The van der Waals surface area contributed by atoms with Crippen molar-refractivity contribution in [3.05, 3.63) is 29.3 Å². The van der Waals surface area contributed by atoms with Gasteiger partial charge in [-0.2, -0.15) is 0 Å². The molecule has 0 radical (unpaired) electrons. The van der Waals surface area contributed by atoms with E-state index in [0.717, 1.165) is 32.8 Å². The SMILES string of the molecule is COC(OC)c1ccc(OCCN2CCOCC2)c(C(=O)O)c1. The summed E-state index contributed by atoms with van der Waals surface area (Å²) in [5.41, 5.74) is 0.733. The van der Waals surface area contributed by atoms with Crippen LogP contribution in [-0.4, -0.2) is 69.7 Å². The van der Waals surface area contributed by atoms with Gasteiger partial charge in [0.15, 0.2) is 6.29 Å². The summed E-state index contributed by atoms with van der Waals surface area (Å²) < 4.78 is 21.2. The number of nitrogens with zero attached hydrogens (tertiary/aromatic N) is 1. The lowest BCUT2D eigenvalue weighted by molar-refractivity contribution is -0.106. The van der Waals surface area contributed by atoms with Gasteiger partial charge in [-0.1, -0.05) is 6.07 Å². The molecule has 0 aromatic heterocycles. The molecular formula is C16H23NO6. The van der Waals surface area contributed by atoms with Crippen LogP contribution < -0.4 is 4.74 Å². The fourth-order valence-electron chi connectivity index (χ4n) is 2.47. The fraction of sp³-hybridized carbons (Fsp3) is 0.562. The number of hydrogen-bond acceptors (Lipinski definition) is 6. The summed E-state index contributed by atoms with van der Waals surface area (Å²) >= 11 is 0. The molecular weight excluding hydrogens is 302 g/mol. The number of morpholine rings is 1. The van der Waals surface area contributed by atoms with E-state index in [2.05, 4.69) is 4.90 Å². The fourth-order valence-corrected chi connectivity index (χ4v) is 2.47. The molecule has 7 heteroatoms. The number of ether oxygens (including phenoxy) is 4. The van der Waals surface area contributed by atoms with Gasteiger partial charge in [-0.3, -0.25) is 4.90 Å². The van der Waals surface area contributed by atoms with Crippen LogP contribution in [0.4, 0.5) is 0 Å². The van der Waals surface area contributed by atoms with Gasteiger partial charge >= 0.3 is 5.97 Å². The lowest BCUT2D eigenvalue weighted by Gasteiger charge is -2.26. The van der Waals surface area contributed by atoms with Crippen LogP contribution in [0.25, 0.3) is 0 Å². The second kappa shape index (κ2) is 8.83. The van der Waals surface area contributed by atoms with Crippen molar-refractivity contribution in [3.63, 3.8) is 0 Å². The van der Waals surface area contributed by atoms with Crippen LogP contribution >= 0.6 is 0 Å². The van der Waals surface area contributed by atoms with Crippen LogP contribution in [0.3, 0.4) is 0 Å². The van der Waals surface area contributed by atoms with Crippen molar-refractivity contribution in [2.45, 2.75) is 6.29 Å². The maximum Gasteiger partial charge on any atom is 0.339 e. The number of methoxy groups -OCH3 is 2. The topological polar surface area (TPSA) is 77.5 Å². The van der Waals surface area contributed by atoms with Gasteiger partial charge in [-0.15, -0.1) is 0 Å². The largest absolute Gasteiger partial charge is 0.491 e. The molecule has 0 saturated carbocycles. The number of carbonyl (C=O) groups is 1. The van der Waals surface area contributed by atoms with Crippen molar-refractivity contribution in [1.82, 2.24) is 4.90 Å². The molecule has 1 fully saturated rings. The Kier molecular flexibility index (Phi) is 6.79. The molecule has 1 N–H and O–H groups in total. The van der Waals surface area contributed by atoms with Crippen molar-refractivity contribution < 1.29 is 28.8 Å². The van der Waals surface area contributed by atoms with E-state index in [-0.39, 0.29) is 5.56 Å². The van der Waals surface area contributed by atoms with Crippen molar-refractivity contribution >= 4 is 5.97 Å². The monoisotopic (exact) mass is 325 g/mol. The van der Waals surface area contributed by atoms with Gasteiger partial charge in [0.05, 0.1) is 13.2 Å². The molecule has 0 unspecified atom stereocenters. The molecule has 1 aliphatic heterocycles. The molecule has 1 heterocycles. The highest BCUT2D eigenvalue weighted by atomic mass is 16.7. The van der Waals surface area contributed by atoms with Gasteiger partial charge in [-0.25, -0.2) is 4.79 Å². The average molecular weight is 325 g/mol. The standard InChI is InChI=1S/C16H23NO6/c1-20-16(21-2)12-3-4-14(13(11-12)15(18)19)23-10-7-17-5-8-22-9-6-17/h3-4,11,16H,5-10H2,1-2H3,(H,18,19). The molecule has 1 aromatic carbocycles. The number of aromatic carboxylic acids is 1. The van der Waals surface area contributed by atoms with Crippen molar-refractivity contribution in [3.8, 4) is 5.75 Å². The van der Waals surface area contributed by atoms with Gasteiger partial charge in [-0.05, 0) is 12.1 Å². The van der Waals surface area contributed by atoms with E-state index in [1.54, 1.807) is 12.1 Å². The number of carboxylic acid groups (broad SMARTS) is 1. The third-order valence-corrected chi connectivity index (χ3v) is 3.70. The summed E-state index contributed by atoms with van der Waals surface area (Å²) in [5, 5.41) is 9.38. The Morgan fingerprint density at radius 2 is 2.00 bits per heavy atom. The molecule has 0 spiro atoms. The first-order chi connectivity index (χ1) is 11.2. The number of carboxylic acids is 1. The third-order valence-electron chi connectivity index (χ3n) is 3.70. The molecule has 0 bridgehead atoms. The first-order valence-corrected chi connectivity index (χ1v) is 7.51. The van der Waals surface area contributed by atoms with Gasteiger partial charge < -0.3 is 24.1 Å². The summed E-state index contributed by atoms with van der Waals surface area (Å²) in [6, 6.07) is 4.90. The van der Waals surface area contributed by atoms with E-state index in [1.807, 2.05) is 0 Å². The van der Waals surface area contributed by atoms with Crippen LogP contribution in [0.15, 0.2) is 18.2 Å². The Balaban J connectivity index is 2.01. The Morgan fingerprint density at radius 3 is 2.61 bits per heavy atom. The highest BCUT2D eigenvalue weighted by molar-refractivity contribution is 5.91. The minimum Gasteiger partial charge on any atom is -0.491 e. The molecule has 1 aromatic rings. The van der Waals surface area contributed by atoms with Crippen LogP contribution in [0.1, 0.15) is 22.2 Å². The predicted octanol–water partition coefficient (Wildman–Crippen LogP) is 1.39. The molecule has 128 valence electrons. The van der Waals surface area contributed by atoms with E-state index >= 15 is 0 Å². The highest BCUT2D eigenvalue weighted by Crippen LogP contribution is 2.25. The quantitative estimate of drug-likeness (QED) is 0.724. The highest BCUT2D eigenvalue weighted by Gasteiger charge is 2.17. The summed E-state index contributed by atoms with van der Waals surface area (Å²) in [4.78, 5) is 13.7. The summed E-state index contributed by atoms with van der Waals surface area (Å²) in [5.74, 6) is -0.695. The second-order valence-electron chi connectivity index (χ2n) is 5.17. The van der Waals surface area contributed by atoms with Crippen LogP contribution in [-0.2, 0) is 14.2 Å². The molecule has 0 amide bonds. The first kappa shape index (κ1) is 17.7. The zero-order valence-corrected chi connectivity index (χ0v) is 13.5. The number of rotatable bonds is 8. The second-order valence-corrected chi connectivity index (χ2v) is 5.17. The van der Waals surface area contributed by atoms with Gasteiger partial charge in [0, 0.05) is 39.4 Å². The number of benzene rings is 1. The summed E-state index contributed by atoms with van der Waals surface area (Å²) in [6.45, 7) is 4.37. The Bertz CT molecular complexity index is 511. The zero-order valence-electron chi connectivity index (χ0n) is 13.5. The van der Waals surface area contributed by atoms with Crippen LogP contribution in [0.5, 0.6) is 5.75 Å². The van der Waals surface area contributed by atoms with Crippen molar-refractivity contribution in [1.29, 1.82) is 0 Å². The zero-order chi connectivity index (χ0) is 16.7. The van der Waals surface area contributed by atoms with E-state index in [1.165, 1.54) is 20.3 Å². The van der Waals surface area contributed by atoms with Crippen LogP contribution in [0.2, 0.25) is 0 Å². The summed E-state index contributed by atoms with van der Waals surface area (Å²) in [6.07, 6.45) is -0.601. The Hall–Kier alpha value is -1.67. The predicted molar refractivity (Wildman–Crippen MR) is 82.9 cm³/mol. The maximum atomic E-state index is 11.4. The van der Waals surface area contributed by atoms with E-state index < -0.39 is 12.3 Å². The van der Waals surface area contributed by atoms with Crippen molar-refractivity contribution in [2.75, 3.05) is 53.7 Å². The normalized spacial score (nSPS) is 15.8. The smallest absolute Gasteiger partial charge is 0.339 e. The van der Waals surface area contributed by atoms with Gasteiger partial charge in [0.25, 0.3) is 0 Å². The molecule has 1 saturated heterocycles. The first-order valence-electron chi connectivity index (χ1n) is 7.51. The lowest BCUT2D eigenvalue weighted by Crippen LogP contribution is -2.38. The summed E-state index contributed by atoms with van der Waals surface area (Å²) in [7, 11) is 3.00. The molecule has 1 aliphatic rings.